The lowest BCUT2D eigenvalue weighted by molar-refractivity contribution is -0.121. The van der Waals surface area contributed by atoms with Crippen LogP contribution in [-0.4, -0.2) is 16.9 Å². The minimum Gasteiger partial charge on any atom is -0.389 e. The lowest BCUT2D eigenvalue weighted by atomic mass is 9.87. The van der Waals surface area contributed by atoms with Crippen molar-refractivity contribution in [3.05, 3.63) is 35.4 Å². The first kappa shape index (κ1) is 15.0. The van der Waals surface area contributed by atoms with Crippen LogP contribution in [0.1, 0.15) is 43.7 Å². The lowest BCUT2D eigenvalue weighted by Crippen LogP contribution is -2.38. The van der Waals surface area contributed by atoms with Crippen LogP contribution in [0.15, 0.2) is 24.3 Å². The number of thiocarbonyl (C=S) groups is 1. The number of benzene rings is 1. The zero-order chi connectivity index (χ0) is 14.5. The van der Waals surface area contributed by atoms with E-state index >= 15 is 0 Å². The van der Waals surface area contributed by atoms with Gasteiger partial charge in [-0.25, -0.2) is 0 Å². The number of nitrogens with two attached hydrogens (primary N) is 1. The quantitative estimate of drug-likeness (QED) is 0.838. The summed E-state index contributed by atoms with van der Waals surface area (Å²) in [7, 11) is 0. The van der Waals surface area contributed by atoms with Gasteiger partial charge in [0.1, 0.15) is 4.99 Å². The van der Waals surface area contributed by atoms with Crippen molar-refractivity contribution >= 4 is 23.1 Å². The summed E-state index contributed by atoms with van der Waals surface area (Å²) < 4.78 is 0. The van der Waals surface area contributed by atoms with Crippen LogP contribution in [0.4, 0.5) is 0 Å². The number of carbonyl (C=O) groups is 1. The Hall–Kier alpha value is -1.42. The molecule has 0 heterocycles. The van der Waals surface area contributed by atoms with Gasteiger partial charge in [-0.2, -0.15) is 0 Å². The molecular formula is C16H22N2OS. The van der Waals surface area contributed by atoms with E-state index in [9.17, 15) is 4.79 Å². The van der Waals surface area contributed by atoms with Gasteiger partial charge in [-0.15, -0.1) is 0 Å². The molecule has 2 rings (SSSR count). The Morgan fingerprint density at radius 1 is 1.35 bits per heavy atom. The maximum Gasteiger partial charge on any atom is 0.224 e. The topological polar surface area (TPSA) is 55.1 Å². The summed E-state index contributed by atoms with van der Waals surface area (Å²) in [5, 5.41) is 3.15. The maximum absolute atomic E-state index is 12.0. The summed E-state index contributed by atoms with van der Waals surface area (Å²) in [6, 6.07) is 7.92. The molecule has 0 radical (unpaired) electrons. The molecule has 4 heteroatoms. The Bertz CT molecular complexity index is 484. The Labute approximate surface area is 125 Å². The van der Waals surface area contributed by atoms with E-state index in [0.717, 1.165) is 29.9 Å². The summed E-state index contributed by atoms with van der Waals surface area (Å²) in [4.78, 5) is 12.4. The van der Waals surface area contributed by atoms with Crippen molar-refractivity contribution < 1.29 is 4.79 Å². The summed E-state index contributed by atoms with van der Waals surface area (Å²) in [5.74, 6) is 0.825. The number of carbonyl (C=O) groups excluding carboxylic acids is 1. The van der Waals surface area contributed by atoms with Gasteiger partial charge in [-0.05, 0) is 24.3 Å². The van der Waals surface area contributed by atoms with Crippen molar-refractivity contribution in [2.45, 2.75) is 45.1 Å². The first-order chi connectivity index (χ1) is 9.54. The minimum atomic E-state index is 0.104. The largest absolute Gasteiger partial charge is 0.389 e. The normalized spacial score (nSPS) is 22.2. The first-order valence-electron chi connectivity index (χ1n) is 7.22. The minimum absolute atomic E-state index is 0.104. The third kappa shape index (κ3) is 4.30. The number of rotatable bonds is 4. The standard InChI is InChI=1S/C16H22N2OS/c1-11-3-2-4-14(9-11)18-15(19)10-12-5-7-13(8-6-12)16(17)20/h5-8,11,14H,2-4,9-10H2,1H3,(H2,17,20)(H,18,19). The van der Waals surface area contributed by atoms with Crippen molar-refractivity contribution in [2.24, 2.45) is 11.7 Å². The molecule has 2 unspecified atom stereocenters. The first-order valence-corrected chi connectivity index (χ1v) is 7.63. The Morgan fingerprint density at radius 3 is 2.65 bits per heavy atom. The van der Waals surface area contributed by atoms with Crippen LogP contribution in [-0.2, 0) is 11.2 Å². The van der Waals surface area contributed by atoms with Crippen LogP contribution in [0, 0.1) is 5.92 Å². The molecule has 1 aliphatic rings. The molecule has 0 bridgehead atoms. The Kier molecular flexibility index (Phi) is 5.12. The molecule has 1 aromatic rings. The summed E-state index contributed by atoms with van der Waals surface area (Å²) in [5.41, 5.74) is 7.38. The van der Waals surface area contributed by atoms with Gasteiger partial charge in [0.05, 0.1) is 6.42 Å². The van der Waals surface area contributed by atoms with Crippen LogP contribution in [0.3, 0.4) is 0 Å². The van der Waals surface area contributed by atoms with Crippen molar-refractivity contribution in [3.63, 3.8) is 0 Å². The smallest absolute Gasteiger partial charge is 0.224 e. The fraction of sp³-hybridized carbons (Fsp3) is 0.500. The second-order valence-electron chi connectivity index (χ2n) is 5.77. The highest BCUT2D eigenvalue weighted by molar-refractivity contribution is 7.80. The van der Waals surface area contributed by atoms with Crippen LogP contribution < -0.4 is 11.1 Å². The van der Waals surface area contributed by atoms with E-state index < -0.39 is 0 Å². The molecule has 0 aromatic heterocycles. The van der Waals surface area contributed by atoms with Crippen LogP contribution >= 0.6 is 12.2 Å². The highest BCUT2D eigenvalue weighted by atomic mass is 32.1. The van der Waals surface area contributed by atoms with Gasteiger partial charge in [-0.1, -0.05) is 56.2 Å². The molecule has 0 aliphatic heterocycles. The molecule has 0 saturated heterocycles. The van der Waals surface area contributed by atoms with Gasteiger partial charge in [0, 0.05) is 11.6 Å². The van der Waals surface area contributed by atoms with Crippen molar-refractivity contribution in [1.82, 2.24) is 5.32 Å². The van der Waals surface area contributed by atoms with Crippen molar-refractivity contribution in [2.75, 3.05) is 0 Å². The van der Waals surface area contributed by atoms with E-state index in [0.29, 0.717) is 17.5 Å². The molecule has 2 atom stereocenters. The predicted octanol–water partition coefficient (Wildman–Crippen LogP) is 2.56. The van der Waals surface area contributed by atoms with Gasteiger partial charge in [0.25, 0.3) is 0 Å². The van der Waals surface area contributed by atoms with Crippen molar-refractivity contribution in [1.29, 1.82) is 0 Å². The van der Waals surface area contributed by atoms with Gasteiger partial charge < -0.3 is 11.1 Å². The zero-order valence-corrected chi connectivity index (χ0v) is 12.7. The monoisotopic (exact) mass is 290 g/mol. The molecule has 3 nitrogen and oxygen atoms in total. The summed E-state index contributed by atoms with van der Waals surface area (Å²) in [6.07, 6.45) is 5.13. The van der Waals surface area contributed by atoms with Crippen molar-refractivity contribution in [3.8, 4) is 0 Å². The molecule has 108 valence electrons. The van der Waals surface area contributed by atoms with E-state index in [1.807, 2.05) is 24.3 Å². The molecule has 1 fully saturated rings. The lowest BCUT2D eigenvalue weighted by Gasteiger charge is -2.27. The molecule has 1 saturated carbocycles. The predicted molar refractivity (Wildman–Crippen MR) is 85.6 cm³/mol. The van der Waals surface area contributed by atoms with Gasteiger partial charge in [0.15, 0.2) is 0 Å². The third-order valence-electron chi connectivity index (χ3n) is 3.90. The highest BCUT2D eigenvalue weighted by Crippen LogP contribution is 2.23. The van der Waals surface area contributed by atoms with Gasteiger partial charge in [-0.3, -0.25) is 4.79 Å². The molecule has 0 spiro atoms. The summed E-state index contributed by atoms with van der Waals surface area (Å²) >= 11 is 4.91. The molecule has 1 aromatic carbocycles. The van der Waals surface area contributed by atoms with E-state index in [-0.39, 0.29) is 5.91 Å². The van der Waals surface area contributed by atoms with Crippen LogP contribution in [0.25, 0.3) is 0 Å². The van der Waals surface area contributed by atoms with Gasteiger partial charge >= 0.3 is 0 Å². The van der Waals surface area contributed by atoms with Crippen LogP contribution in [0.2, 0.25) is 0 Å². The fourth-order valence-electron chi connectivity index (χ4n) is 2.82. The number of hydrogen-bond donors (Lipinski definition) is 2. The zero-order valence-electron chi connectivity index (χ0n) is 11.9. The Morgan fingerprint density at radius 2 is 2.05 bits per heavy atom. The number of amides is 1. The van der Waals surface area contributed by atoms with Crippen LogP contribution in [0.5, 0.6) is 0 Å². The number of hydrogen-bond acceptors (Lipinski definition) is 2. The highest BCUT2D eigenvalue weighted by Gasteiger charge is 2.20. The third-order valence-corrected chi connectivity index (χ3v) is 4.14. The average Bonchev–Trinajstić information content (AvgIpc) is 2.39. The maximum atomic E-state index is 12.0. The summed E-state index contributed by atoms with van der Waals surface area (Å²) in [6.45, 7) is 2.26. The number of nitrogens with one attached hydrogen (secondary N) is 1. The molecular weight excluding hydrogens is 268 g/mol. The van der Waals surface area contributed by atoms with E-state index in [2.05, 4.69) is 12.2 Å². The second-order valence-corrected chi connectivity index (χ2v) is 6.21. The van der Waals surface area contributed by atoms with E-state index in [1.54, 1.807) is 0 Å². The van der Waals surface area contributed by atoms with E-state index in [1.165, 1.54) is 12.8 Å². The second kappa shape index (κ2) is 6.84. The molecule has 1 aliphatic carbocycles. The molecule has 3 N–H and O–H groups in total. The fourth-order valence-corrected chi connectivity index (χ4v) is 2.95. The average molecular weight is 290 g/mol. The molecule has 1 amide bonds. The SMILES string of the molecule is CC1CCCC(NC(=O)Cc2ccc(C(N)=S)cc2)C1. The Balaban J connectivity index is 1.86. The van der Waals surface area contributed by atoms with E-state index in [4.69, 9.17) is 18.0 Å². The molecule has 20 heavy (non-hydrogen) atoms. The van der Waals surface area contributed by atoms with Gasteiger partial charge in [0.2, 0.25) is 5.91 Å².